The van der Waals surface area contributed by atoms with Gasteiger partial charge in [0.15, 0.2) is 0 Å². The highest BCUT2D eigenvalue weighted by molar-refractivity contribution is 5.71. The second kappa shape index (κ2) is 14.7. The molecule has 0 saturated carbocycles. The molecular weight excluding hydrogens is 518 g/mol. The van der Waals surface area contributed by atoms with E-state index in [-0.39, 0.29) is 56.3 Å². The van der Waals surface area contributed by atoms with Gasteiger partial charge in [0.25, 0.3) is 0 Å². The van der Waals surface area contributed by atoms with Crippen molar-refractivity contribution in [2.75, 3.05) is 26.3 Å². The summed E-state index contributed by atoms with van der Waals surface area (Å²) in [5.41, 5.74) is 5.56. The number of ether oxygens (including phenoxy) is 3. The zero-order valence-electron chi connectivity index (χ0n) is 24.7. The van der Waals surface area contributed by atoms with Crippen LogP contribution in [0.2, 0.25) is 0 Å². The number of carbonyl (C=O) groups is 3. The van der Waals surface area contributed by atoms with Gasteiger partial charge >= 0.3 is 18.2 Å². The van der Waals surface area contributed by atoms with Crippen molar-refractivity contribution >= 4 is 18.2 Å². The number of esters is 1. The summed E-state index contributed by atoms with van der Waals surface area (Å²) in [6, 6.07) is 8.91. The monoisotopic (exact) mass is 565 g/mol. The van der Waals surface area contributed by atoms with E-state index in [0.29, 0.717) is 25.9 Å². The molecule has 4 atom stereocenters. The lowest BCUT2D eigenvalue weighted by molar-refractivity contribution is -0.146. The molecule has 226 valence electrons. The van der Waals surface area contributed by atoms with Gasteiger partial charge in [-0.25, -0.2) is 9.59 Å². The van der Waals surface area contributed by atoms with Crippen LogP contribution in [0.3, 0.4) is 0 Å². The number of rotatable bonds is 6. The van der Waals surface area contributed by atoms with Crippen LogP contribution in [0.25, 0.3) is 0 Å². The number of aliphatic hydroxyl groups excluding tert-OH is 2. The molecule has 2 heterocycles. The third kappa shape index (κ3) is 11.3. The molecule has 0 aromatic heterocycles. The van der Waals surface area contributed by atoms with Crippen LogP contribution in [0.5, 0.6) is 0 Å². The lowest BCUT2D eigenvalue weighted by atomic mass is 10.0. The average molecular weight is 566 g/mol. The van der Waals surface area contributed by atoms with Gasteiger partial charge in [0, 0.05) is 19.1 Å². The van der Waals surface area contributed by atoms with E-state index >= 15 is 0 Å². The fraction of sp³-hybridized carbons (Fsp3) is 0.690. The van der Waals surface area contributed by atoms with Gasteiger partial charge in [-0.05, 0) is 65.9 Å². The smallest absolute Gasteiger partial charge is 0.410 e. The van der Waals surface area contributed by atoms with Gasteiger partial charge in [0.2, 0.25) is 0 Å². The van der Waals surface area contributed by atoms with Gasteiger partial charge in [-0.3, -0.25) is 4.79 Å². The highest BCUT2D eigenvalue weighted by Gasteiger charge is 2.38. The molecule has 0 aliphatic carbocycles. The maximum Gasteiger partial charge on any atom is 0.410 e. The summed E-state index contributed by atoms with van der Waals surface area (Å²) in [5.74, 6) is -0.329. The Hall–Kier alpha value is -2.89. The molecule has 0 spiro atoms. The number of hydrogen-bond donors (Lipinski definition) is 3. The molecule has 2 saturated heterocycles. The third-order valence-corrected chi connectivity index (χ3v) is 6.32. The average Bonchev–Trinajstić information content (AvgIpc) is 3.44. The van der Waals surface area contributed by atoms with Crippen molar-refractivity contribution < 1.29 is 38.8 Å². The largest absolute Gasteiger partial charge is 0.461 e. The van der Waals surface area contributed by atoms with Crippen molar-refractivity contribution in [1.29, 1.82) is 0 Å². The molecule has 4 N–H and O–H groups in total. The van der Waals surface area contributed by atoms with E-state index in [1.54, 1.807) is 20.8 Å². The molecule has 2 fully saturated rings. The second-order valence-electron chi connectivity index (χ2n) is 12.4. The normalized spacial score (nSPS) is 22.8. The summed E-state index contributed by atoms with van der Waals surface area (Å²) in [7, 11) is 0. The van der Waals surface area contributed by atoms with Gasteiger partial charge in [-0.1, -0.05) is 30.3 Å². The molecule has 40 heavy (non-hydrogen) atoms. The van der Waals surface area contributed by atoms with Crippen LogP contribution < -0.4 is 5.73 Å². The van der Waals surface area contributed by atoms with Crippen molar-refractivity contribution in [3.63, 3.8) is 0 Å². The van der Waals surface area contributed by atoms with Crippen molar-refractivity contribution in [2.24, 2.45) is 11.7 Å². The van der Waals surface area contributed by atoms with Crippen LogP contribution in [0.1, 0.15) is 66.4 Å². The predicted molar refractivity (Wildman–Crippen MR) is 149 cm³/mol. The van der Waals surface area contributed by atoms with Gasteiger partial charge < -0.3 is 40.0 Å². The van der Waals surface area contributed by atoms with Crippen molar-refractivity contribution in [3.8, 4) is 0 Å². The van der Waals surface area contributed by atoms with E-state index in [1.807, 2.05) is 51.1 Å². The van der Waals surface area contributed by atoms with Crippen LogP contribution in [-0.4, -0.2) is 93.8 Å². The highest BCUT2D eigenvalue weighted by Crippen LogP contribution is 2.28. The molecule has 3 rings (SSSR count). The first kappa shape index (κ1) is 33.3. The quantitative estimate of drug-likeness (QED) is 0.349. The molecule has 0 radical (unpaired) electrons. The fourth-order valence-corrected chi connectivity index (χ4v) is 4.58. The Morgan fingerprint density at radius 2 is 1.35 bits per heavy atom. The number of benzene rings is 1. The van der Waals surface area contributed by atoms with Crippen molar-refractivity contribution in [2.45, 2.75) is 96.7 Å². The summed E-state index contributed by atoms with van der Waals surface area (Å²) >= 11 is 0. The Morgan fingerprint density at radius 3 is 1.85 bits per heavy atom. The van der Waals surface area contributed by atoms with E-state index in [1.165, 1.54) is 9.80 Å². The number of likely N-dealkylation sites (tertiary alicyclic amines) is 2. The zero-order valence-corrected chi connectivity index (χ0v) is 24.7. The molecule has 11 heteroatoms. The van der Waals surface area contributed by atoms with Crippen LogP contribution in [0.4, 0.5) is 9.59 Å². The van der Waals surface area contributed by atoms with E-state index in [0.717, 1.165) is 5.56 Å². The first-order valence-corrected chi connectivity index (χ1v) is 13.8. The first-order chi connectivity index (χ1) is 18.6. The number of aliphatic hydroxyl groups is 2. The second-order valence-corrected chi connectivity index (χ2v) is 12.4. The highest BCUT2D eigenvalue weighted by atomic mass is 16.6. The third-order valence-electron chi connectivity index (χ3n) is 6.32. The number of amides is 2. The predicted octanol–water partition coefficient (Wildman–Crippen LogP) is 3.05. The Morgan fingerprint density at radius 1 is 0.850 bits per heavy atom. The Kier molecular flexibility index (Phi) is 12.2. The van der Waals surface area contributed by atoms with Gasteiger partial charge in [0.05, 0.1) is 31.7 Å². The Labute approximate surface area is 237 Å². The standard InChI is InChI=1S/C19H27NO5.C10H20N2O3/c1-19(2,3)25-18(23)20-11-15(9-16(20)12-21)10-17(22)24-13-14-7-5-4-6-8-14;1-10(2,3)15-9(14)12-5-7(11)4-8(12)6-13/h4-8,15-16,21H,9-13H2,1-3H3;7-8,13H,4-6,11H2,1-3H3/t15-,16+;7-,8-/m10/s1. The molecule has 2 amide bonds. The molecule has 1 aromatic carbocycles. The van der Waals surface area contributed by atoms with E-state index in [2.05, 4.69) is 0 Å². The summed E-state index contributed by atoms with van der Waals surface area (Å²) in [6.07, 6.45) is 0.579. The molecule has 1 aromatic rings. The minimum Gasteiger partial charge on any atom is -0.461 e. The summed E-state index contributed by atoms with van der Waals surface area (Å²) in [4.78, 5) is 39.0. The molecule has 0 unspecified atom stereocenters. The Bertz CT molecular complexity index is 960. The number of hydrogen-bond acceptors (Lipinski definition) is 9. The Balaban J connectivity index is 0.000000319. The molecular formula is C29H47N3O8. The fourth-order valence-electron chi connectivity index (χ4n) is 4.58. The van der Waals surface area contributed by atoms with Gasteiger partial charge in [-0.2, -0.15) is 0 Å². The minimum atomic E-state index is -0.593. The summed E-state index contributed by atoms with van der Waals surface area (Å²) < 4.78 is 15.9. The van der Waals surface area contributed by atoms with E-state index in [9.17, 15) is 19.5 Å². The topological polar surface area (TPSA) is 152 Å². The van der Waals surface area contributed by atoms with Crippen molar-refractivity contribution in [1.82, 2.24) is 9.80 Å². The SMILES string of the molecule is CC(C)(C)OC(=O)N1C[C@@H](CC(=O)OCc2ccccc2)C[C@H]1CO.CC(C)(C)OC(=O)N1C[C@@H](N)C[C@H]1CO. The van der Waals surface area contributed by atoms with Crippen LogP contribution >= 0.6 is 0 Å². The summed E-state index contributed by atoms with van der Waals surface area (Å²) in [5, 5.41) is 18.6. The number of nitrogens with zero attached hydrogens (tertiary/aromatic N) is 2. The minimum absolute atomic E-state index is 0.0343. The zero-order chi connectivity index (χ0) is 30.1. The number of carbonyl (C=O) groups excluding carboxylic acids is 3. The van der Waals surface area contributed by atoms with E-state index < -0.39 is 23.4 Å². The van der Waals surface area contributed by atoms with Gasteiger partial charge in [-0.15, -0.1) is 0 Å². The van der Waals surface area contributed by atoms with Crippen LogP contribution in [0.15, 0.2) is 30.3 Å². The molecule has 0 bridgehead atoms. The lowest BCUT2D eigenvalue weighted by Crippen LogP contribution is -2.41. The molecule has 2 aliphatic rings. The molecule has 11 nitrogen and oxygen atoms in total. The van der Waals surface area contributed by atoms with Crippen LogP contribution in [0, 0.1) is 5.92 Å². The summed E-state index contributed by atoms with van der Waals surface area (Å²) in [6.45, 7) is 11.7. The first-order valence-electron chi connectivity index (χ1n) is 13.8. The molecule has 2 aliphatic heterocycles. The lowest BCUT2D eigenvalue weighted by Gasteiger charge is -2.27. The maximum absolute atomic E-state index is 12.2. The van der Waals surface area contributed by atoms with Gasteiger partial charge in [0.1, 0.15) is 17.8 Å². The maximum atomic E-state index is 12.2. The number of nitrogens with two attached hydrogens (primary N) is 1. The van der Waals surface area contributed by atoms with Crippen LogP contribution in [-0.2, 0) is 25.6 Å². The van der Waals surface area contributed by atoms with E-state index in [4.69, 9.17) is 25.1 Å². The van der Waals surface area contributed by atoms with Crippen molar-refractivity contribution in [3.05, 3.63) is 35.9 Å².